The zero-order valence-electron chi connectivity index (χ0n) is 17.6. The summed E-state index contributed by atoms with van der Waals surface area (Å²) in [5.74, 6) is 1.15. The van der Waals surface area contributed by atoms with Gasteiger partial charge in [-0.05, 0) is 43.7 Å². The van der Waals surface area contributed by atoms with E-state index < -0.39 is 0 Å². The molecule has 0 spiro atoms. The van der Waals surface area contributed by atoms with E-state index in [1.807, 2.05) is 30.3 Å². The van der Waals surface area contributed by atoms with Crippen LogP contribution in [0.15, 0.2) is 46.9 Å². The average molecular weight is 410 g/mol. The van der Waals surface area contributed by atoms with E-state index >= 15 is 0 Å². The van der Waals surface area contributed by atoms with Gasteiger partial charge in [0.1, 0.15) is 0 Å². The highest BCUT2D eigenvalue weighted by atomic mass is 19.1. The first-order valence-electron chi connectivity index (χ1n) is 10.2. The summed E-state index contributed by atoms with van der Waals surface area (Å²) in [4.78, 5) is 4.67. The number of halogens is 1. The van der Waals surface area contributed by atoms with Crippen LogP contribution >= 0.6 is 0 Å². The number of ether oxygens (including phenoxy) is 1. The van der Waals surface area contributed by atoms with Gasteiger partial charge in [-0.3, -0.25) is 9.80 Å². The number of nitrogens with zero attached hydrogens (tertiary/aromatic N) is 4. The second-order valence-electron chi connectivity index (χ2n) is 7.77. The van der Waals surface area contributed by atoms with Crippen molar-refractivity contribution in [2.45, 2.75) is 26.4 Å². The molecule has 1 aliphatic rings. The van der Waals surface area contributed by atoms with Crippen LogP contribution in [0, 0.1) is 12.7 Å². The van der Waals surface area contributed by atoms with Crippen LogP contribution < -0.4 is 4.74 Å². The quantitative estimate of drug-likeness (QED) is 0.611. The Morgan fingerprint density at radius 2 is 1.80 bits per heavy atom. The van der Waals surface area contributed by atoms with Gasteiger partial charge in [0.15, 0.2) is 11.6 Å². The Labute approximate surface area is 176 Å². The molecule has 0 N–H and O–H groups in total. The molecule has 2 aromatic carbocycles. The Morgan fingerprint density at radius 1 is 1.07 bits per heavy atom. The number of benzene rings is 2. The number of hydrogen-bond donors (Lipinski definition) is 0. The minimum absolute atomic E-state index is 0.0530. The van der Waals surface area contributed by atoms with Crippen molar-refractivity contribution in [3.05, 3.63) is 65.3 Å². The van der Waals surface area contributed by atoms with E-state index in [9.17, 15) is 4.39 Å². The molecule has 0 aliphatic carbocycles. The Bertz CT molecular complexity index is 981. The molecule has 4 rings (SSSR count). The fourth-order valence-electron chi connectivity index (χ4n) is 3.75. The molecule has 1 saturated heterocycles. The smallest absolute Gasteiger partial charge is 0.247 e. The Hall–Kier alpha value is -2.77. The van der Waals surface area contributed by atoms with E-state index in [1.165, 1.54) is 12.7 Å². The first-order chi connectivity index (χ1) is 14.5. The monoisotopic (exact) mass is 410 g/mol. The van der Waals surface area contributed by atoms with Gasteiger partial charge in [0.05, 0.1) is 13.2 Å². The maximum Gasteiger partial charge on any atom is 0.247 e. The van der Waals surface area contributed by atoms with E-state index in [1.54, 1.807) is 12.1 Å². The van der Waals surface area contributed by atoms with Gasteiger partial charge in [0.25, 0.3) is 0 Å². The fraction of sp³-hybridized carbons (Fsp3) is 0.391. The molecule has 6 nitrogen and oxygen atoms in total. The molecule has 0 bridgehead atoms. The van der Waals surface area contributed by atoms with Crippen LogP contribution in [0.25, 0.3) is 11.5 Å². The molecule has 2 heterocycles. The molecular weight excluding hydrogens is 383 g/mol. The molecule has 1 fully saturated rings. The molecule has 0 saturated carbocycles. The predicted molar refractivity (Wildman–Crippen MR) is 113 cm³/mol. The van der Waals surface area contributed by atoms with Gasteiger partial charge in [0, 0.05) is 38.3 Å². The van der Waals surface area contributed by atoms with Crippen LogP contribution in [-0.2, 0) is 6.54 Å². The number of rotatable bonds is 6. The average Bonchev–Trinajstić information content (AvgIpc) is 3.25. The summed E-state index contributed by atoms with van der Waals surface area (Å²) in [6.07, 6.45) is 0. The van der Waals surface area contributed by atoms with E-state index in [0.717, 1.165) is 43.9 Å². The lowest BCUT2D eigenvalue weighted by Crippen LogP contribution is -2.46. The molecule has 3 aromatic rings. The Balaban J connectivity index is 1.34. The van der Waals surface area contributed by atoms with Gasteiger partial charge in [0.2, 0.25) is 11.8 Å². The van der Waals surface area contributed by atoms with Gasteiger partial charge in [-0.1, -0.05) is 23.8 Å². The van der Waals surface area contributed by atoms with Gasteiger partial charge >= 0.3 is 0 Å². The second kappa shape index (κ2) is 8.93. The van der Waals surface area contributed by atoms with Crippen LogP contribution in [-0.4, -0.2) is 53.3 Å². The lowest BCUT2D eigenvalue weighted by atomic mass is 10.1. The van der Waals surface area contributed by atoms with Crippen molar-refractivity contribution in [3.8, 4) is 17.2 Å². The van der Waals surface area contributed by atoms with Crippen molar-refractivity contribution < 1.29 is 13.5 Å². The molecule has 0 amide bonds. The minimum atomic E-state index is -0.317. The predicted octanol–water partition coefficient (Wildman–Crippen LogP) is 4.07. The molecular formula is C23H27FN4O2. The largest absolute Gasteiger partial charge is 0.494 e. The van der Waals surface area contributed by atoms with E-state index in [0.29, 0.717) is 11.8 Å². The number of aromatic nitrogens is 2. The number of hydrogen-bond acceptors (Lipinski definition) is 6. The molecule has 30 heavy (non-hydrogen) atoms. The summed E-state index contributed by atoms with van der Waals surface area (Å²) >= 11 is 0. The van der Waals surface area contributed by atoms with Crippen molar-refractivity contribution in [1.82, 2.24) is 20.0 Å². The van der Waals surface area contributed by atoms with Crippen LogP contribution in [0.5, 0.6) is 5.75 Å². The van der Waals surface area contributed by atoms with Crippen LogP contribution in [0.4, 0.5) is 4.39 Å². The van der Waals surface area contributed by atoms with E-state index in [2.05, 4.69) is 33.8 Å². The number of piperazine rings is 1. The van der Waals surface area contributed by atoms with Crippen LogP contribution in [0.1, 0.15) is 30.0 Å². The van der Waals surface area contributed by atoms with Crippen LogP contribution in [0.2, 0.25) is 0 Å². The third-order valence-corrected chi connectivity index (χ3v) is 5.67. The zero-order chi connectivity index (χ0) is 21.1. The summed E-state index contributed by atoms with van der Waals surface area (Å²) in [6.45, 7) is 8.45. The molecule has 1 unspecified atom stereocenters. The minimum Gasteiger partial charge on any atom is -0.494 e. The fourth-order valence-corrected chi connectivity index (χ4v) is 3.75. The van der Waals surface area contributed by atoms with Crippen molar-refractivity contribution in [2.75, 3.05) is 33.3 Å². The van der Waals surface area contributed by atoms with Gasteiger partial charge in [-0.25, -0.2) is 4.39 Å². The SMILES string of the molecule is COc1ccc(CN2CCN(C(C)c3nnc(-c4ccc(C)cc4)o3)CC2)cc1F. The molecule has 1 atom stereocenters. The molecule has 1 aromatic heterocycles. The summed E-state index contributed by atoms with van der Waals surface area (Å²) in [5.41, 5.74) is 3.08. The Kier molecular flexibility index (Phi) is 6.11. The third kappa shape index (κ3) is 4.52. The highest BCUT2D eigenvalue weighted by molar-refractivity contribution is 5.52. The summed E-state index contributed by atoms with van der Waals surface area (Å²) in [7, 11) is 1.48. The highest BCUT2D eigenvalue weighted by Crippen LogP contribution is 2.25. The molecule has 0 radical (unpaired) electrons. The zero-order valence-corrected chi connectivity index (χ0v) is 17.6. The first-order valence-corrected chi connectivity index (χ1v) is 10.2. The highest BCUT2D eigenvalue weighted by Gasteiger charge is 2.26. The first kappa shape index (κ1) is 20.5. The van der Waals surface area contributed by atoms with Crippen molar-refractivity contribution in [3.63, 3.8) is 0 Å². The lowest BCUT2D eigenvalue weighted by Gasteiger charge is -2.36. The van der Waals surface area contributed by atoms with Crippen molar-refractivity contribution >= 4 is 0 Å². The maximum atomic E-state index is 13.9. The second-order valence-corrected chi connectivity index (χ2v) is 7.77. The van der Waals surface area contributed by atoms with Crippen molar-refractivity contribution in [2.24, 2.45) is 0 Å². The summed E-state index contributed by atoms with van der Waals surface area (Å²) in [6, 6.07) is 13.3. The summed E-state index contributed by atoms with van der Waals surface area (Å²) < 4.78 is 24.9. The normalized spacial score (nSPS) is 16.5. The standard InChI is InChI=1S/C23H27FN4O2/c1-16-4-7-19(8-5-16)23-26-25-22(30-23)17(2)28-12-10-27(11-13-28)15-18-6-9-21(29-3)20(24)14-18/h4-9,14,17H,10-13,15H2,1-3H3. The van der Waals surface area contributed by atoms with Crippen molar-refractivity contribution in [1.29, 1.82) is 0 Å². The third-order valence-electron chi connectivity index (χ3n) is 5.67. The van der Waals surface area contributed by atoms with Crippen LogP contribution in [0.3, 0.4) is 0 Å². The molecule has 158 valence electrons. The van der Waals surface area contributed by atoms with Gasteiger partial charge in [-0.2, -0.15) is 0 Å². The summed E-state index contributed by atoms with van der Waals surface area (Å²) in [5, 5.41) is 8.50. The maximum absolute atomic E-state index is 13.9. The lowest BCUT2D eigenvalue weighted by molar-refractivity contribution is 0.0875. The number of methoxy groups -OCH3 is 1. The number of aryl methyl sites for hydroxylation is 1. The topological polar surface area (TPSA) is 54.6 Å². The molecule has 1 aliphatic heterocycles. The Morgan fingerprint density at radius 3 is 2.47 bits per heavy atom. The van der Waals surface area contributed by atoms with Gasteiger partial charge < -0.3 is 9.15 Å². The van der Waals surface area contributed by atoms with E-state index in [-0.39, 0.29) is 17.6 Å². The van der Waals surface area contributed by atoms with Gasteiger partial charge in [-0.15, -0.1) is 10.2 Å². The van der Waals surface area contributed by atoms with E-state index in [4.69, 9.17) is 9.15 Å². The molecule has 7 heteroatoms.